The molecule has 8 heteroatoms. The van der Waals surface area contributed by atoms with Crippen LogP contribution in [0.5, 0.6) is 0 Å². The minimum absolute atomic E-state index is 0.242. The summed E-state index contributed by atoms with van der Waals surface area (Å²) in [5.41, 5.74) is 1.35. The van der Waals surface area contributed by atoms with Gasteiger partial charge in [-0.1, -0.05) is 35.3 Å². The van der Waals surface area contributed by atoms with Crippen molar-refractivity contribution in [1.82, 2.24) is 4.90 Å². The second-order valence-corrected chi connectivity index (χ2v) is 8.52. The summed E-state index contributed by atoms with van der Waals surface area (Å²) in [4.78, 5) is 14.1. The molecule has 0 aromatic heterocycles. The summed E-state index contributed by atoms with van der Waals surface area (Å²) >= 11 is 11.8. The van der Waals surface area contributed by atoms with E-state index in [2.05, 4.69) is 5.32 Å². The van der Waals surface area contributed by atoms with Crippen molar-refractivity contribution in [3.05, 3.63) is 58.1 Å². The predicted octanol–water partition coefficient (Wildman–Crippen LogP) is 4.62. The number of carbonyl (C=O) groups is 1. The number of amides is 2. The van der Waals surface area contributed by atoms with Crippen molar-refractivity contribution >= 4 is 44.8 Å². The number of rotatable bonds is 4. The summed E-state index contributed by atoms with van der Waals surface area (Å²) < 4.78 is 23.0. The monoisotopic (exact) mass is 400 g/mol. The Balaban J connectivity index is 2.11. The lowest BCUT2D eigenvalue weighted by Crippen LogP contribution is -2.33. The van der Waals surface area contributed by atoms with Crippen molar-refractivity contribution in [1.29, 1.82) is 0 Å². The molecule has 0 saturated carbocycles. The zero-order chi connectivity index (χ0) is 18.8. The molecule has 0 heterocycles. The van der Waals surface area contributed by atoms with Gasteiger partial charge >= 0.3 is 6.03 Å². The highest BCUT2D eigenvalue weighted by Gasteiger charge is 2.18. The Bertz CT molecular complexity index is 883. The van der Waals surface area contributed by atoms with E-state index in [-0.39, 0.29) is 17.0 Å². The first-order valence-corrected chi connectivity index (χ1v) is 10.0. The summed E-state index contributed by atoms with van der Waals surface area (Å²) in [7, 11) is -1.59. The molecule has 0 spiro atoms. The Labute approximate surface area is 157 Å². The zero-order valence-corrected chi connectivity index (χ0v) is 16.3. The van der Waals surface area contributed by atoms with Gasteiger partial charge in [-0.3, -0.25) is 0 Å². The van der Waals surface area contributed by atoms with E-state index in [1.807, 2.05) is 6.92 Å². The van der Waals surface area contributed by atoms with Gasteiger partial charge in [0.2, 0.25) is 0 Å². The number of nitrogens with zero attached hydrogens (tertiary/aromatic N) is 1. The van der Waals surface area contributed by atoms with Crippen LogP contribution in [-0.4, -0.2) is 32.7 Å². The van der Waals surface area contributed by atoms with Crippen LogP contribution in [-0.2, 0) is 9.84 Å². The Hall–Kier alpha value is -1.76. The van der Waals surface area contributed by atoms with Gasteiger partial charge in [0, 0.05) is 19.0 Å². The molecule has 0 aliphatic carbocycles. The van der Waals surface area contributed by atoms with Crippen LogP contribution in [0.4, 0.5) is 10.5 Å². The third kappa shape index (κ3) is 4.87. The molecule has 2 rings (SSSR count). The van der Waals surface area contributed by atoms with Gasteiger partial charge in [-0.25, -0.2) is 13.2 Å². The molecule has 1 unspecified atom stereocenters. The van der Waals surface area contributed by atoms with Gasteiger partial charge < -0.3 is 10.2 Å². The topological polar surface area (TPSA) is 66.5 Å². The van der Waals surface area contributed by atoms with E-state index < -0.39 is 9.84 Å². The van der Waals surface area contributed by atoms with Crippen LogP contribution in [0.2, 0.25) is 10.0 Å². The number of anilines is 1. The number of sulfone groups is 1. The minimum Gasteiger partial charge on any atom is -0.321 e. The standard InChI is InChI=1S/C17H18Cl2N2O3S/c1-11(12-4-7-14(8-5-12)25(3,23)24)21(2)17(22)20-13-6-9-15(18)16(19)10-13/h4-11H,1-3H3,(H,20,22). The molecule has 0 aliphatic heterocycles. The van der Waals surface area contributed by atoms with Crippen molar-refractivity contribution < 1.29 is 13.2 Å². The third-order valence-corrected chi connectivity index (χ3v) is 5.73. The second kappa shape index (κ2) is 7.64. The predicted molar refractivity (Wildman–Crippen MR) is 101 cm³/mol. The normalized spacial score (nSPS) is 12.5. The lowest BCUT2D eigenvalue weighted by Gasteiger charge is -2.25. The van der Waals surface area contributed by atoms with Gasteiger partial charge in [0.25, 0.3) is 0 Å². The maximum atomic E-state index is 12.4. The number of benzene rings is 2. The van der Waals surface area contributed by atoms with E-state index in [4.69, 9.17) is 23.2 Å². The number of carbonyl (C=O) groups excluding carboxylic acids is 1. The highest BCUT2D eigenvalue weighted by molar-refractivity contribution is 7.90. The van der Waals surface area contributed by atoms with Crippen molar-refractivity contribution in [3.63, 3.8) is 0 Å². The van der Waals surface area contributed by atoms with E-state index in [0.717, 1.165) is 11.8 Å². The van der Waals surface area contributed by atoms with Crippen LogP contribution in [0.1, 0.15) is 18.5 Å². The van der Waals surface area contributed by atoms with Crippen LogP contribution >= 0.6 is 23.2 Å². The highest BCUT2D eigenvalue weighted by atomic mass is 35.5. The summed E-state index contributed by atoms with van der Waals surface area (Å²) in [6.07, 6.45) is 1.16. The number of urea groups is 1. The molecule has 0 fully saturated rings. The van der Waals surface area contributed by atoms with Gasteiger partial charge in [0.1, 0.15) is 0 Å². The molecule has 1 atom stereocenters. The SMILES string of the molecule is CC(c1ccc(S(C)(=O)=O)cc1)N(C)C(=O)Nc1ccc(Cl)c(Cl)c1. The molecule has 1 N–H and O–H groups in total. The van der Waals surface area contributed by atoms with Crippen LogP contribution in [0.3, 0.4) is 0 Å². The van der Waals surface area contributed by atoms with Gasteiger partial charge in [0.15, 0.2) is 9.84 Å². The fraction of sp³-hybridized carbons (Fsp3) is 0.235. The van der Waals surface area contributed by atoms with Gasteiger partial charge in [-0.2, -0.15) is 0 Å². The maximum absolute atomic E-state index is 12.4. The van der Waals surface area contributed by atoms with Crippen LogP contribution in [0.25, 0.3) is 0 Å². The molecule has 0 bridgehead atoms. The third-order valence-electron chi connectivity index (χ3n) is 3.86. The van der Waals surface area contributed by atoms with E-state index >= 15 is 0 Å². The number of hydrogen-bond donors (Lipinski definition) is 1. The Morgan fingerprint density at radius 2 is 1.68 bits per heavy atom. The van der Waals surface area contributed by atoms with Crippen molar-refractivity contribution in [2.75, 3.05) is 18.6 Å². The molecule has 25 heavy (non-hydrogen) atoms. The summed E-state index contributed by atoms with van der Waals surface area (Å²) in [5, 5.41) is 3.51. The number of halogens is 2. The number of hydrogen-bond acceptors (Lipinski definition) is 3. The van der Waals surface area contributed by atoms with E-state index in [0.29, 0.717) is 15.7 Å². The Morgan fingerprint density at radius 3 is 2.20 bits per heavy atom. The highest BCUT2D eigenvalue weighted by Crippen LogP contribution is 2.26. The fourth-order valence-corrected chi connectivity index (χ4v) is 3.11. The second-order valence-electron chi connectivity index (χ2n) is 5.69. The molecule has 134 valence electrons. The van der Waals surface area contributed by atoms with Crippen molar-refractivity contribution in [2.24, 2.45) is 0 Å². The molecular formula is C17H18Cl2N2O3S. The zero-order valence-electron chi connectivity index (χ0n) is 14.0. The molecule has 0 saturated heterocycles. The van der Waals surface area contributed by atoms with Crippen molar-refractivity contribution in [2.45, 2.75) is 17.9 Å². The summed E-state index contributed by atoms with van der Waals surface area (Å²) in [6, 6.07) is 10.7. The lowest BCUT2D eigenvalue weighted by molar-refractivity contribution is 0.208. The van der Waals surface area contributed by atoms with Gasteiger partial charge in [0.05, 0.1) is 21.0 Å². The first-order chi connectivity index (χ1) is 11.6. The average molecular weight is 401 g/mol. The Morgan fingerprint density at radius 1 is 1.08 bits per heavy atom. The van der Waals surface area contributed by atoms with Crippen LogP contribution in [0.15, 0.2) is 47.4 Å². The quantitative estimate of drug-likeness (QED) is 0.813. The largest absolute Gasteiger partial charge is 0.322 e. The molecule has 2 aromatic carbocycles. The van der Waals surface area contributed by atoms with Gasteiger partial charge in [-0.05, 0) is 42.8 Å². The molecular weight excluding hydrogens is 383 g/mol. The first-order valence-electron chi connectivity index (χ1n) is 7.38. The number of nitrogens with one attached hydrogen (secondary N) is 1. The molecule has 0 aliphatic rings. The first kappa shape index (κ1) is 19.6. The van der Waals surface area contributed by atoms with E-state index in [1.165, 1.54) is 17.0 Å². The summed E-state index contributed by atoms with van der Waals surface area (Å²) in [6.45, 7) is 1.85. The molecule has 2 aromatic rings. The van der Waals surface area contributed by atoms with Crippen LogP contribution < -0.4 is 5.32 Å². The molecule has 2 amide bonds. The lowest BCUT2D eigenvalue weighted by atomic mass is 10.1. The van der Waals surface area contributed by atoms with Gasteiger partial charge in [-0.15, -0.1) is 0 Å². The van der Waals surface area contributed by atoms with Crippen LogP contribution in [0, 0.1) is 0 Å². The van der Waals surface area contributed by atoms with E-state index in [9.17, 15) is 13.2 Å². The minimum atomic E-state index is -3.25. The fourth-order valence-electron chi connectivity index (χ4n) is 2.18. The molecule has 0 radical (unpaired) electrons. The average Bonchev–Trinajstić information content (AvgIpc) is 2.56. The molecule has 5 nitrogen and oxygen atoms in total. The smallest absolute Gasteiger partial charge is 0.321 e. The maximum Gasteiger partial charge on any atom is 0.322 e. The van der Waals surface area contributed by atoms with Crippen molar-refractivity contribution in [3.8, 4) is 0 Å². The summed E-state index contributed by atoms with van der Waals surface area (Å²) in [5.74, 6) is 0. The Kier molecular flexibility index (Phi) is 5.98. The van der Waals surface area contributed by atoms with E-state index in [1.54, 1.807) is 37.4 Å².